The summed E-state index contributed by atoms with van der Waals surface area (Å²) < 4.78 is 17.1. The van der Waals surface area contributed by atoms with Crippen molar-refractivity contribution in [1.82, 2.24) is 0 Å². The minimum atomic E-state index is -0.946. The van der Waals surface area contributed by atoms with Gasteiger partial charge in [-0.3, -0.25) is 4.79 Å². The van der Waals surface area contributed by atoms with Crippen LogP contribution in [-0.4, -0.2) is 58.2 Å². The van der Waals surface area contributed by atoms with Gasteiger partial charge in [0.15, 0.2) is 6.29 Å². The van der Waals surface area contributed by atoms with E-state index in [0.29, 0.717) is 24.7 Å². The third-order valence-electron chi connectivity index (χ3n) is 11.0. The van der Waals surface area contributed by atoms with Crippen molar-refractivity contribution in [2.24, 2.45) is 34.5 Å². The maximum absolute atomic E-state index is 12.6. The molecule has 9 unspecified atom stereocenters. The van der Waals surface area contributed by atoms with Crippen molar-refractivity contribution in [1.29, 1.82) is 0 Å². The molecule has 7 nitrogen and oxygen atoms in total. The molecule has 4 aliphatic carbocycles. The number of alkyl halides is 1. The third-order valence-corrected chi connectivity index (χ3v) is 11.4. The highest BCUT2D eigenvalue weighted by Gasteiger charge is 2.70. The summed E-state index contributed by atoms with van der Waals surface area (Å²) in [7, 11) is 0. The fourth-order valence-corrected chi connectivity index (χ4v) is 9.30. The number of halogens is 1. The molecule has 0 bridgehead atoms. The minimum absolute atomic E-state index is 0.0161. The Morgan fingerprint density at radius 1 is 1.22 bits per heavy atom. The first-order valence-electron chi connectivity index (χ1n) is 13.7. The molecule has 0 aromatic carbocycles. The van der Waals surface area contributed by atoms with Crippen molar-refractivity contribution in [3.63, 3.8) is 0 Å². The highest BCUT2D eigenvalue weighted by atomic mass is 79.9. The first kappa shape index (κ1) is 26.6. The molecule has 0 saturated heterocycles. The Labute approximate surface area is 222 Å². The van der Waals surface area contributed by atoms with E-state index in [-0.39, 0.29) is 53.3 Å². The summed E-state index contributed by atoms with van der Waals surface area (Å²) in [6.07, 6.45) is 7.80. The molecule has 0 spiro atoms. The average molecular weight is 570 g/mol. The summed E-state index contributed by atoms with van der Waals surface area (Å²) in [4.78, 5) is 23.9. The van der Waals surface area contributed by atoms with Gasteiger partial charge in [-0.1, -0.05) is 36.7 Å². The van der Waals surface area contributed by atoms with E-state index in [1.54, 1.807) is 6.08 Å². The molecular weight excluding hydrogens is 528 g/mol. The zero-order chi connectivity index (χ0) is 25.9. The van der Waals surface area contributed by atoms with E-state index in [2.05, 4.69) is 29.8 Å². The molecule has 202 valence electrons. The van der Waals surface area contributed by atoms with Gasteiger partial charge in [-0.05, 0) is 80.1 Å². The summed E-state index contributed by atoms with van der Waals surface area (Å²) in [5.41, 5.74) is -0.421. The second-order valence-corrected chi connectivity index (χ2v) is 13.0. The van der Waals surface area contributed by atoms with Crippen molar-refractivity contribution >= 4 is 27.9 Å². The van der Waals surface area contributed by atoms with Gasteiger partial charge in [0, 0.05) is 23.8 Å². The predicted octanol–water partition coefficient (Wildman–Crippen LogP) is 4.27. The molecule has 10 atom stereocenters. The maximum Gasteiger partial charge on any atom is 0.331 e. The number of carbonyl (C=O) groups is 2. The second kappa shape index (κ2) is 9.65. The van der Waals surface area contributed by atoms with Crippen molar-refractivity contribution in [3.05, 3.63) is 11.6 Å². The van der Waals surface area contributed by atoms with E-state index in [9.17, 15) is 19.8 Å². The third kappa shape index (κ3) is 4.09. The van der Waals surface area contributed by atoms with Crippen LogP contribution in [0.5, 0.6) is 0 Å². The van der Waals surface area contributed by atoms with E-state index >= 15 is 0 Å². The summed E-state index contributed by atoms with van der Waals surface area (Å²) in [6.45, 7) is 6.68. The van der Waals surface area contributed by atoms with E-state index in [0.717, 1.165) is 50.5 Å². The van der Waals surface area contributed by atoms with Crippen molar-refractivity contribution in [3.8, 4) is 0 Å². The average Bonchev–Trinajstić information content (AvgIpc) is 3.36. The monoisotopic (exact) mass is 568 g/mol. The summed E-state index contributed by atoms with van der Waals surface area (Å²) >= 11 is 3.20. The quantitative estimate of drug-likeness (QED) is 0.280. The summed E-state index contributed by atoms with van der Waals surface area (Å²) in [5.74, 6) is 0.295. The lowest BCUT2D eigenvalue weighted by Crippen LogP contribution is -2.62. The van der Waals surface area contributed by atoms with Gasteiger partial charge in [-0.15, -0.1) is 0 Å². The highest BCUT2D eigenvalue weighted by molar-refractivity contribution is 9.09. The van der Waals surface area contributed by atoms with Crippen LogP contribution in [0.3, 0.4) is 0 Å². The van der Waals surface area contributed by atoms with Gasteiger partial charge in [-0.2, -0.15) is 0 Å². The number of cyclic esters (lactones) is 1. The van der Waals surface area contributed by atoms with E-state index < -0.39 is 17.3 Å². The van der Waals surface area contributed by atoms with Gasteiger partial charge in [0.2, 0.25) is 0 Å². The first-order valence-corrected chi connectivity index (χ1v) is 14.9. The maximum atomic E-state index is 12.6. The lowest BCUT2D eigenvalue weighted by Gasteiger charge is -2.63. The van der Waals surface area contributed by atoms with Crippen LogP contribution >= 0.6 is 15.9 Å². The number of aliphatic hydroxyl groups excluding tert-OH is 1. The number of hydrogen-bond donors (Lipinski definition) is 2. The molecule has 1 aliphatic heterocycles. The van der Waals surface area contributed by atoms with Crippen molar-refractivity contribution < 1.29 is 34.0 Å². The molecule has 1 heterocycles. The number of fused-ring (bicyclic) bond motifs is 5. The van der Waals surface area contributed by atoms with Gasteiger partial charge in [0.05, 0.1) is 11.7 Å². The SMILES string of the molecule is CCC(O)OC1CC2(O)C3CCC4CC(OC(=O)CBr)CCC4(C)[C@H]3CCC2(C)C1C1=CC(=O)OC1. The Morgan fingerprint density at radius 2 is 2.00 bits per heavy atom. The Balaban J connectivity index is 1.43. The zero-order valence-electron chi connectivity index (χ0n) is 21.7. The number of hydrogen-bond acceptors (Lipinski definition) is 7. The molecule has 0 amide bonds. The molecule has 8 heteroatoms. The topological polar surface area (TPSA) is 102 Å². The standard InChI is InChI=1S/C28H41BrO7/c1-4-22(30)36-21-13-28(33)20-6-5-17-12-18(35-24(32)14-29)7-9-26(17,2)19(20)8-10-27(28,3)25(21)16-11-23(31)34-15-16/h11,17-22,25,30,33H,4-10,12-15H2,1-3H3/t17?,18?,19-,20?,21?,22?,25?,26?,27?,28?/m0/s1. The second-order valence-electron chi connectivity index (χ2n) is 12.4. The molecule has 36 heavy (non-hydrogen) atoms. The Kier molecular flexibility index (Phi) is 7.14. The first-order chi connectivity index (χ1) is 17.1. The molecule has 0 aromatic rings. The van der Waals surface area contributed by atoms with Gasteiger partial charge >= 0.3 is 11.9 Å². The van der Waals surface area contributed by atoms with Crippen molar-refractivity contribution in [2.75, 3.05) is 11.9 Å². The number of ether oxygens (including phenoxy) is 3. The molecule has 4 saturated carbocycles. The smallest absolute Gasteiger partial charge is 0.331 e. The van der Waals surface area contributed by atoms with E-state index in [1.807, 2.05) is 6.92 Å². The van der Waals surface area contributed by atoms with Crippen LogP contribution in [-0.2, 0) is 23.8 Å². The van der Waals surface area contributed by atoms with Crippen LogP contribution < -0.4 is 0 Å². The predicted molar refractivity (Wildman–Crippen MR) is 136 cm³/mol. The number of rotatable bonds is 6. The Hall–Kier alpha value is -0.960. The molecule has 0 radical (unpaired) electrons. The largest absolute Gasteiger partial charge is 0.462 e. The van der Waals surface area contributed by atoms with Crippen LogP contribution in [0.25, 0.3) is 0 Å². The van der Waals surface area contributed by atoms with E-state index in [1.165, 1.54) is 0 Å². The molecule has 5 rings (SSSR count). The minimum Gasteiger partial charge on any atom is -0.462 e. The summed E-state index contributed by atoms with van der Waals surface area (Å²) in [5, 5.41) is 23.3. The Bertz CT molecular complexity index is 922. The molecule has 5 aliphatic rings. The van der Waals surface area contributed by atoms with E-state index in [4.69, 9.17) is 14.2 Å². The normalized spacial score (nSPS) is 46.7. The van der Waals surface area contributed by atoms with Gasteiger partial charge in [-0.25, -0.2) is 4.79 Å². The van der Waals surface area contributed by atoms with Crippen LogP contribution in [0.1, 0.15) is 78.6 Å². The van der Waals surface area contributed by atoms with Crippen molar-refractivity contribution in [2.45, 2.75) is 103 Å². The lowest BCUT2D eigenvalue weighted by molar-refractivity contribution is -0.210. The van der Waals surface area contributed by atoms with Gasteiger partial charge in [0.25, 0.3) is 0 Å². The van der Waals surface area contributed by atoms with Gasteiger partial charge in [0.1, 0.15) is 18.0 Å². The Morgan fingerprint density at radius 3 is 2.67 bits per heavy atom. The zero-order valence-corrected chi connectivity index (χ0v) is 23.3. The summed E-state index contributed by atoms with van der Waals surface area (Å²) in [6, 6.07) is 0. The molecule has 2 N–H and O–H groups in total. The highest BCUT2D eigenvalue weighted by Crippen LogP contribution is 2.70. The number of esters is 2. The van der Waals surface area contributed by atoms with Gasteiger partial charge < -0.3 is 24.4 Å². The van der Waals surface area contributed by atoms with Crippen LogP contribution in [0.4, 0.5) is 0 Å². The molecule has 4 fully saturated rings. The van der Waals surface area contributed by atoms with Crippen LogP contribution in [0.2, 0.25) is 0 Å². The lowest BCUT2D eigenvalue weighted by atomic mass is 9.43. The fourth-order valence-electron chi connectivity index (χ4n) is 9.17. The molecular formula is C28H41BrO7. The fraction of sp³-hybridized carbons (Fsp3) is 0.857. The van der Waals surface area contributed by atoms with Crippen LogP contribution in [0, 0.1) is 34.5 Å². The number of aliphatic hydroxyl groups is 2. The van der Waals surface area contributed by atoms with Crippen LogP contribution in [0.15, 0.2) is 11.6 Å². The molecule has 0 aromatic heterocycles. The number of carbonyl (C=O) groups excluding carboxylic acids is 2.